The molecule has 0 atom stereocenters. The van der Waals surface area contributed by atoms with E-state index in [1.807, 2.05) is 0 Å². The van der Waals surface area contributed by atoms with Crippen LogP contribution in [-0.4, -0.2) is 17.5 Å². The molecule has 2 N–H and O–H groups in total. The quantitative estimate of drug-likeness (QED) is 0.795. The Hall–Kier alpha value is -1.36. The van der Waals surface area contributed by atoms with Gasteiger partial charge in [0.25, 0.3) is 0 Å². The van der Waals surface area contributed by atoms with E-state index in [0.717, 1.165) is 0 Å². The van der Waals surface area contributed by atoms with Crippen molar-refractivity contribution in [3.63, 3.8) is 0 Å². The first kappa shape index (κ1) is 9.73. The molecule has 0 radical (unpaired) electrons. The number of aromatic carboxylic acids is 1. The third kappa shape index (κ3) is 2.29. The fourth-order valence-electron chi connectivity index (χ4n) is 0.846. The SMILES string of the molecule is O=CNc1ccc(C(=O)O)c(Br)c1. The first-order chi connectivity index (χ1) is 6.15. The predicted molar refractivity (Wildman–Crippen MR) is 50.8 cm³/mol. The molecule has 1 aromatic carbocycles. The molecule has 0 saturated carbocycles. The molecule has 0 heterocycles. The van der Waals surface area contributed by atoms with Crippen LogP contribution in [0.15, 0.2) is 22.7 Å². The molecule has 0 bridgehead atoms. The van der Waals surface area contributed by atoms with Gasteiger partial charge in [-0.3, -0.25) is 4.79 Å². The highest BCUT2D eigenvalue weighted by Gasteiger charge is 2.07. The molecule has 0 unspecified atom stereocenters. The van der Waals surface area contributed by atoms with Gasteiger partial charge in [0.15, 0.2) is 0 Å². The number of carbonyl (C=O) groups is 2. The molecule has 1 rings (SSSR count). The van der Waals surface area contributed by atoms with Gasteiger partial charge in [0.2, 0.25) is 6.41 Å². The largest absolute Gasteiger partial charge is 0.478 e. The summed E-state index contributed by atoms with van der Waals surface area (Å²) in [4.78, 5) is 20.6. The number of anilines is 1. The highest BCUT2D eigenvalue weighted by Crippen LogP contribution is 2.21. The zero-order chi connectivity index (χ0) is 9.84. The van der Waals surface area contributed by atoms with Gasteiger partial charge >= 0.3 is 5.97 Å². The van der Waals surface area contributed by atoms with E-state index >= 15 is 0 Å². The lowest BCUT2D eigenvalue weighted by Crippen LogP contribution is -1.99. The van der Waals surface area contributed by atoms with Crippen LogP contribution in [-0.2, 0) is 4.79 Å². The van der Waals surface area contributed by atoms with Crippen molar-refractivity contribution in [3.05, 3.63) is 28.2 Å². The normalized spacial score (nSPS) is 9.31. The number of nitrogens with one attached hydrogen (secondary N) is 1. The van der Waals surface area contributed by atoms with Crippen LogP contribution in [0.1, 0.15) is 10.4 Å². The van der Waals surface area contributed by atoms with Gasteiger partial charge in [-0.25, -0.2) is 4.79 Å². The first-order valence-electron chi connectivity index (χ1n) is 3.38. The summed E-state index contributed by atoms with van der Waals surface area (Å²) in [6.45, 7) is 0. The summed E-state index contributed by atoms with van der Waals surface area (Å²) in [6.07, 6.45) is 0.530. The summed E-state index contributed by atoms with van der Waals surface area (Å²) in [7, 11) is 0. The molecule has 68 valence electrons. The molecule has 1 aromatic rings. The average Bonchev–Trinajstić information content (AvgIpc) is 2.04. The highest BCUT2D eigenvalue weighted by molar-refractivity contribution is 9.10. The molecular weight excluding hydrogens is 238 g/mol. The molecule has 0 aromatic heterocycles. The molecule has 0 saturated heterocycles. The zero-order valence-corrected chi connectivity index (χ0v) is 8.04. The molecule has 0 fully saturated rings. The van der Waals surface area contributed by atoms with Gasteiger partial charge in [0.1, 0.15) is 0 Å². The molecule has 0 aliphatic heterocycles. The second kappa shape index (κ2) is 4.04. The van der Waals surface area contributed by atoms with E-state index in [-0.39, 0.29) is 5.56 Å². The van der Waals surface area contributed by atoms with Crippen molar-refractivity contribution >= 4 is 34.0 Å². The van der Waals surface area contributed by atoms with Gasteiger partial charge in [-0.1, -0.05) is 0 Å². The van der Waals surface area contributed by atoms with Crippen molar-refractivity contribution in [2.24, 2.45) is 0 Å². The van der Waals surface area contributed by atoms with E-state index in [1.165, 1.54) is 18.2 Å². The van der Waals surface area contributed by atoms with Crippen molar-refractivity contribution in [2.75, 3.05) is 5.32 Å². The fourth-order valence-corrected chi connectivity index (χ4v) is 1.39. The number of carboxylic acids is 1. The lowest BCUT2D eigenvalue weighted by molar-refractivity contribution is -0.105. The number of carbonyl (C=O) groups excluding carboxylic acids is 1. The van der Waals surface area contributed by atoms with E-state index in [1.54, 1.807) is 0 Å². The summed E-state index contributed by atoms with van der Waals surface area (Å²) in [6, 6.07) is 4.46. The van der Waals surface area contributed by atoms with E-state index < -0.39 is 5.97 Å². The van der Waals surface area contributed by atoms with Gasteiger partial charge in [0.05, 0.1) is 5.56 Å². The number of amides is 1. The van der Waals surface area contributed by atoms with Crippen LogP contribution in [0.4, 0.5) is 5.69 Å². The Labute approximate surface area is 82.7 Å². The van der Waals surface area contributed by atoms with Crippen LogP contribution in [0, 0.1) is 0 Å². The van der Waals surface area contributed by atoms with Gasteiger partial charge in [0, 0.05) is 10.2 Å². The molecule has 1 amide bonds. The molecule has 0 aliphatic carbocycles. The third-order valence-corrected chi connectivity index (χ3v) is 2.08. The Balaban J connectivity index is 3.05. The number of carboxylic acid groups (broad SMARTS) is 1. The maximum Gasteiger partial charge on any atom is 0.336 e. The maximum absolute atomic E-state index is 10.6. The summed E-state index contributed by atoms with van der Waals surface area (Å²) in [5.41, 5.74) is 0.711. The number of hydrogen-bond donors (Lipinski definition) is 2. The van der Waals surface area contributed by atoms with E-state index in [2.05, 4.69) is 21.2 Å². The zero-order valence-electron chi connectivity index (χ0n) is 6.45. The lowest BCUT2D eigenvalue weighted by atomic mass is 10.2. The standard InChI is InChI=1S/C8H6BrNO3/c9-7-3-5(10-4-11)1-2-6(7)8(12)13/h1-4H,(H,10,11)(H,12,13). The fraction of sp³-hybridized carbons (Fsp3) is 0. The van der Waals surface area contributed by atoms with Crippen molar-refractivity contribution in [1.82, 2.24) is 0 Å². The van der Waals surface area contributed by atoms with Crippen LogP contribution in [0.2, 0.25) is 0 Å². The Morgan fingerprint density at radius 2 is 2.23 bits per heavy atom. The highest BCUT2D eigenvalue weighted by atomic mass is 79.9. The topological polar surface area (TPSA) is 66.4 Å². The second-order valence-electron chi connectivity index (χ2n) is 2.26. The van der Waals surface area contributed by atoms with Crippen LogP contribution >= 0.6 is 15.9 Å². The second-order valence-corrected chi connectivity index (χ2v) is 3.12. The molecule has 5 heteroatoms. The van der Waals surface area contributed by atoms with Gasteiger partial charge in [-0.15, -0.1) is 0 Å². The minimum absolute atomic E-state index is 0.163. The minimum atomic E-state index is -1.01. The van der Waals surface area contributed by atoms with Crippen LogP contribution in [0.3, 0.4) is 0 Å². The van der Waals surface area contributed by atoms with Crippen molar-refractivity contribution in [3.8, 4) is 0 Å². The van der Waals surface area contributed by atoms with E-state index in [4.69, 9.17) is 5.11 Å². The molecule has 13 heavy (non-hydrogen) atoms. The maximum atomic E-state index is 10.6. The van der Waals surface area contributed by atoms with Crippen LogP contribution in [0.5, 0.6) is 0 Å². The van der Waals surface area contributed by atoms with Gasteiger partial charge in [-0.05, 0) is 34.1 Å². The van der Waals surface area contributed by atoms with Crippen LogP contribution in [0.25, 0.3) is 0 Å². The lowest BCUT2D eigenvalue weighted by Gasteiger charge is -2.01. The third-order valence-electron chi connectivity index (χ3n) is 1.43. The molecule has 4 nitrogen and oxygen atoms in total. The Kier molecular flexibility index (Phi) is 3.02. The van der Waals surface area contributed by atoms with Crippen molar-refractivity contribution < 1.29 is 14.7 Å². The van der Waals surface area contributed by atoms with Crippen LogP contribution < -0.4 is 5.32 Å². The number of rotatable bonds is 3. The molecule has 0 aliphatic rings. The Morgan fingerprint density at radius 1 is 1.54 bits per heavy atom. The van der Waals surface area contributed by atoms with Crippen molar-refractivity contribution in [1.29, 1.82) is 0 Å². The summed E-state index contributed by atoms with van der Waals surface area (Å²) >= 11 is 3.08. The number of benzene rings is 1. The van der Waals surface area contributed by atoms with Gasteiger partial charge < -0.3 is 10.4 Å². The Bertz CT molecular complexity index is 351. The van der Waals surface area contributed by atoms with Gasteiger partial charge in [-0.2, -0.15) is 0 Å². The minimum Gasteiger partial charge on any atom is -0.478 e. The predicted octanol–water partition coefficient (Wildman–Crippen LogP) is 1.72. The van der Waals surface area contributed by atoms with E-state index in [9.17, 15) is 9.59 Å². The van der Waals surface area contributed by atoms with E-state index in [0.29, 0.717) is 16.6 Å². The molecular formula is C8H6BrNO3. The van der Waals surface area contributed by atoms with Crippen molar-refractivity contribution in [2.45, 2.75) is 0 Å². The summed E-state index contributed by atoms with van der Waals surface area (Å²) in [5, 5.41) is 11.1. The first-order valence-corrected chi connectivity index (χ1v) is 4.17. The summed E-state index contributed by atoms with van der Waals surface area (Å²) in [5.74, 6) is -1.01. The number of hydrogen-bond acceptors (Lipinski definition) is 2. The average molecular weight is 244 g/mol. The molecule has 0 spiro atoms. The monoisotopic (exact) mass is 243 g/mol. The smallest absolute Gasteiger partial charge is 0.336 e. The number of halogens is 1. The summed E-state index contributed by atoms with van der Waals surface area (Å²) < 4.78 is 0.437. The Morgan fingerprint density at radius 3 is 2.69 bits per heavy atom.